The van der Waals surface area contributed by atoms with Crippen LogP contribution in [0.2, 0.25) is 0 Å². The first-order valence-electron chi connectivity index (χ1n) is 8.23. The normalized spacial score (nSPS) is 12.1. The van der Waals surface area contributed by atoms with Gasteiger partial charge in [-0.1, -0.05) is 12.1 Å². The van der Waals surface area contributed by atoms with Gasteiger partial charge in [-0.3, -0.25) is 9.11 Å². The number of nitrogens with zero attached hydrogens (tertiary/aromatic N) is 2. The molecule has 0 amide bonds. The summed E-state index contributed by atoms with van der Waals surface area (Å²) in [6, 6.07) is 8.90. The van der Waals surface area contributed by atoms with Crippen molar-refractivity contribution < 1.29 is 35.8 Å². The molecule has 0 saturated carbocycles. The molecule has 0 saturated heterocycles. The number of hydrogen-bond acceptors (Lipinski definition) is 8. The third-order valence-electron chi connectivity index (χ3n) is 4.25. The molecule has 0 aliphatic rings. The van der Waals surface area contributed by atoms with Crippen LogP contribution in [0.3, 0.4) is 0 Å². The highest BCUT2D eigenvalue weighted by molar-refractivity contribution is 7.86. The lowest BCUT2D eigenvalue weighted by Crippen LogP contribution is -2.01. The summed E-state index contributed by atoms with van der Waals surface area (Å²) in [4.78, 5) is -0.661. The van der Waals surface area contributed by atoms with Gasteiger partial charge in [0, 0.05) is 28.8 Å². The minimum Gasteiger partial charge on any atom is -0.506 e. The minimum atomic E-state index is -4.46. The lowest BCUT2D eigenvalue weighted by molar-refractivity contribution is 0.413. The molecule has 0 fully saturated rings. The summed E-state index contributed by atoms with van der Waals surface area (Å²) in [6.45, 7) is 1.45. The summed E-state index contributed by atoms with van der Waals surface area (Å²) in [7, 11) is -7.59. The number of fused-ring (bicyclic) bond motifs is 1. The second-order valence-corrected chi connectivity index (χ2v) is 9.07. The highest BCUT2D eigenvalue weighted by atomic mass is 32.2. The van der Waals surface area contributed by atoms with E-state index in [-0.39, 0.29) is 55.6 Å². The SMILES string of the molecule is COc1cc(S(=O)(=O)O)c(C)cc1N=Nc1c(O)ccc2cc(S(=O)(=O)O)ccc12.[Al]. The van der Waals surface area contributed by atoms with Crippen LogP contribution in [0.25, 0.3) is 10.8 Å². The van der Waals surface area contributed by atoms with E-state index in [2.05, 4.69) is 10.2 Å². The number of benzene rings is 3. The lowest BCUT2D eigenvalue weighted by atomic mass is 10.1. The Morgan fingerprint density at radius 3 is 2.16 bits per heavy atom. The average molecular weight is 479 g/mol. The predicted molar refractivity (Wildman–Crippen MR) is 113 cm³/mol. The molecule has 0 heterocycles. The molecule has 0 aromatic heterocycles. The van der Waals surface area contributed by atoms with Crippen molar-refractivity contribution in [3.05, 3.63) is 48.0 Å². The van der Waals surface area contributed by atoms with Crippen LogP contribution in [0, 0.1) is 6.92 Å². The molecule has 0 spiro atoms. The Bertz CT molecular complexity index is 1400. The molecular formula is C18H16AlN2O8S2. The van der Waals surface area contributed by atoms with Crippen molar-refractivity contribution in [3.63, 3.8) is 0 Å². The second kappa shape index (κ2) is 8.91. The molecule has 3 aromatic rings. The van der Waals surface area contributed by atoms with E-state index in [1.807, 2.05) is 0 Å². The Labute approximate surface area is 188 Å². The Hall–Kier alpha value is -2.53. The first-order valence-corrected chi connectivity index (χ1v) is 11.1. The van der Waals surface area contributed by atoms with Crippen LogP contribution >= 0.6 is 0 Å². The summed E-state index contributed by atoms with van der Waals surface area (Å²) in [5.41, 5.74) is 0.355. The minimum absolute atomic E-state index is 0. The van der Waals surface area contributed by atoms with Gasteiger partial charge in [-0.2, -0.15) is 16.8 Å². The number of aromatic hydroxyl groups is 1. The number of azo groups is 1. The van der Waals surface area contributed by atoms with Gasteiger partial charge in [-0.25, -0.2) is 0 Å². The fourth-order valence-corrected chi connectivity index (χ4v) is 4.06. The summed E-state index contributed by atoms with van der Waals surface area (Å²) in [5, 5.41) is 18.9. The van der Waals surface area contributed by atoms with Gasteiger partial charge in [0.2, 0.25) is 0 Å². The van der Waals surface area contributed by atoms with E-state index in [4.69, 9.17) is 4.74 Å². The highest BCUT2D eigenvalue weighted by Gasteiger charge is 2.18. The molecule has 161 valence electrons. The molecule has 10 nitrogen and oxygen atoms in total. The Balaban J connectivity index is 0.00000341. The molecule has 0 aliphatic carbocycles. The fourth-order valence-electron chi connectivity index (χ4n) is 2.82. The van der Waals surface area contributed by atoms with Gasteiger partial charge in [0.25, 0.3) is 20.2 Å². The van der Waals surface area contributed by atoms with Crippen LogP contribution in [0.4, 0.5) is 11.4 Å². The summed E-state index contributed by atoms with van der Waals surface area (Å²) in [6.07, 6.45) is 0. The molecule has 3 aromatic carbocycles. The van der Waals surface area contributed by atoms with Crippen LogP contribution in [0.15, 0.2) is 62.5 Å². The van der Waals surface area contributed by atoms with E-state index in [9.17, 15) is 31.0 Å². The average Bonchev–Trinajstić information content (AvgIpc) is 2.65. The zero-order valence-electron chi connectivity index (χ0n) is 16.2. The number of aryl methyl sites for hydroxylation is 1. The van der Waals surface area contributed by atoms with Gasteiger partial charge >= 0.3 is 0 Å². The van der Waals surface area contributed by atoms with Gasteiger partial charge in [0.15, 0.2) is 0 Å². The van der Waals surface area contributed by atoms with Gasteiger partial charge in [0.1, 0.15) is 27.8 Å². The van der Waals surface area contributed by atoms with Gasteiger partial charge in [-0.15, -0.1) is 10.2 Å². The van der Waals surface area contributed by atoms with Crippen LogP contribution in [-0.4, -0.2) is 55.5 Å². The monoisotopic (exact) mass is 479 g/mol. The standard InChI is InChI=1S/C18H16N2O8S2.Al/c1-10-7-14(16(28-2)9-17(10)30(25,26)27)19-20-18-13-5-4-12(29(22,23)24)8-11(13)3-6-15(18)21;/h3-9,21H,1-2H3,(H,22,23,24)(H,25,26,27);. The maximum absolute atomic E-state index is 11.5. The largest absolute Gasteiger partial charge is 0.506 e. The van der Waals surface area contributed by atoms with Crippen LogP contribution < -0.4 is 4.74 Å². The van der Waals surface area contributed by atoms with Crippen molar-refractivity contribution in [2.24, 2.45) is 10.2 Å². The van der Waals surface area contributed by atoms with E-state index in [0.717, 1.165) is 12.1 Å². The molecule has 3 rings (SSSR count). The van der Waals surface area contributed by atoms with E-state index in [1.165, 1.54) is 44.4 Å². The van der Waals surface area contributed by atoms with Gasteiger partial charge in [-0.05, 0) is 42.1 Å². The number of phenolic OH excluding ortho intramolecular Hbond substituents is 1. The third kappa shape index (κ3) is 5.21. The zero-order valence-corrected chi connectivity index (χ0v) is 19.0. The van der Waals surface area contributed by atoms with Crippen LogP contribution in [0.1, 0.15) is 5.56 Å². The molecular weight excluding hydrogens is 463 g/mol. The van der Waals surface area contributed by atoms with Crippen molar-refractivity contribution in [3.8, 4) is 11.5 Å². The molecule has 3 radical (unpaired) electrons. The fraction of sp³-hybridized carbons (Fsp3) is 0.111. The first-order chi connectivity index (χ1) is 13.9. The first kappa shape index (κ1) is 24.7. The maximum Gasteiger partial charge on any atom is 0.294 e. The van der Waals surface area contributed by atoms with E-state index >= 15 is 0 Å². The number of phenols is 1. The van der Waals surface area contributed by atoms with E-state index < -0.39 is 20.2 Å². The molecule has 0 bridgehead atoms. The number of methoxy groups -OCH3 is 1. The Morgan fingerprint density at radius 1 is 0.903 bits per heavy atom. The van der Waals surface area contributed by atoms with Gasteiger partial charge < -0.3 is 9.84 Å². The smallest absolute Gasteiger partial charge is 0.294 e. The van der Waals surface area contributed by atoms with Crippen LogP contribution in [-0.2, 0) is 20.2 Å². The number of hydrogen-bond donors (Lipinski definition) is 3. The third-order valence-corrected chi connectivity index (χ3v) is 6.10. The van der Waals surface area contributed by atoms with Gasteiger partial charge in [0.05, 0.1) is 12.0 Å². The van der Waals surface area contributed by atoms with Crippen LogP contribution in [0.5, 0.6) is 11.5 Å². The Morgan fingerprint density at radius 2 is 1.58 bits per heavy atom. The Kier molecular flexibility index (Phi) is 7.11. The van der Waals surface area contributed by atoms with E-state index in [0.29, 0.717) is 10.8 Å². The quantitative estimate of drug-likeness (QED) is 0.285. The molecule has 0 aliphatic heterocycles. The van der Waals surface area contributed by atoms with Crippen molar-refractivity contribution in [2.45, 2.75) is 16.7 Å². The zero-order chi connectivity index (χ0) is 22.3. The highest BCUT2D eigenvalue weighted by Crippen LogP contribution is 2.39. The second-order valence-electron chi connectivity index (χ2n) is 6.26. The number of ether oxygens (including phenoxy) is 1. The summed E-state index contributed by atoms with van der Waals surface area (Å²) < 4.78 is 69.2. The van der Waals surface area contributed by atoms with Crippen molar-refractivity contribution in [1.82, 2.24) is 0 Å². The molecule has 0 atom stereocenters. The maximum atomic E-state index is 11.5. The van der Waals surface area contributed by atoms with E-state index in [1.54, 1.807) is 0 Å². The number of rotatable bonds is 5. The van der Waals surface area contributed by atoms with Crippen molar-refractivity contribution in [2.75, 3.05) is 7.11 Å². The summed E-state index contributed by atoms with van der Waals surface area (Å²) >= 11 is 0. The molecule has 13 heteroatoms. The van der Waals surface area contributed by atoms with Crippen molar-refractivity contribution in [1.29, 1.82) is 0 Å². The molecule has 31 heavy (non-hydrogen) atoms. The van der Waals surface area contributed by atoms with Crippen molar-refractivity contribution >= 4 is 59.7 Å². The summed E-state index contributed by atoms with van der Waals surface area (Å²) in [5.74, 6) is -0.221. The topological polar surface area (TPSA) is 163 Å². The lowest BCUT2D eigenvalue weighted by Gasteiger charge is -2.09. The molecule has 3 N–H and O–H groups in total. The predicted octanol–water partition coefficient (Wildman–Crippen LogP) is 3.39. The molecule has 0 unspecified atom stereocenters.